The fraction of sp³-hybridized carbons (Fsp3) is 1.00. The molecule has 0 aromatic carbocycles. The fourth-order valence-electron chi connectivity index (χ4n) is 2.71. The Morgan fingerprint density at radius 2 is 1.79 bits per heavy atom. The molecule has 1 aliphatic heterocycles. The topological polar surface area (TPSA) is 72.2 Å². The predicted molar refractivity (Wildman–Crippen MR) is 55.3 cm³/mol. The van der Waals surface area contributed by atoms with Crippen molar-refractivity contribution in [2.24, 2.45) is 11.1 Å². The lowest BCUT2D eigenvalue weighted by atomic mass is 9.71. The smallest absolute Gasteiger partial charge is 0.215 e. The molecule has 2 rings (SSSR count). The minimum Gasteiger partial charge on any atom is -0.317 e. The van der Waals surface area contributed by atoms with Crippen LogP contribution in [0.1, 0.15) is 32.1 Å². The molecule has 0 aromatic heterocycles. The minimum absolute atomic E-state index is 0.319. The van der Waals surface area contributed by atoms with Crippen LogP contribution in [0.25, 0.3) is 0 Å². The summed E-state index contributed by atoms with van der Waals surface area (Å²) < 4.78 is 22.8. The highest BCUT2D eigenvalue weighted by atomic mass is 32.2. The lowest BCUT2D eigenvalue weighted by Crippen LogP contribution is -2.56. The quantitative estimate of drug-likeness (QED) is 0.695. The van der Waals surface area contributed by atoms with Crippen LogP contribution in [0.2, 0.25) is 0 Å². The van der Waals surface area contributed by atoms with Crippen LogP contribution in [-0.4, -0.2) is 26.3 Å². The molecule has 1 saturated heterocycles. The van der Waals surface area contributed by atoms with Crippen molar-refractivity contribution >= 4 is 10.0 Å². The van der Waals surface area contributed by atoms with Crippen molar-refractivity contribution in [1.82, 2.24) is 5.32 Å². The van der Waals surface area contributed by atoms with Crippen molar-refractivity contribution in [2.45, 2.75) is 36.9 Å². The third-order valence-electron chi connectivity index (χ3n) is 3.87. The van der Waals surface area contributed by atoms with Gasteiger partial charge in [-0.05, 0) is 44.7 Å². The maximum absolute atomic E-state index is 11.7. The zero-order valence-electron chi connectivity index (χ0n) is 8.33. The van der Waals surface area contributed by atoms with Gasteiger partial charge in [-0.25, -0.2) is 13.6 Å². The Morgan fingerprint density at radius 3 is 2.14 bits per heavy atom. The van der Waals surface area contributed by atoms with Crippen LogP contribution >= 0.6 is 0 Å². The Labute approximate surface area is 85.3 Å². The van der Waals surface area contributed by atoms with Crippen molar-refractivity contribution < 1.29 is 8.42 Å². The van der Waals surface area contributed by atoms with Gasteiger partial charge in [-0.15, -0.1) is 0 Å². The molecule has 0 spiro atoms. The van der Waals surface area contributed by atoms with Gasteiger partial charge in [0.25, 0.3) is 0 Å². The number of hydrogen-bond donors (Lipinski definition) is 2. The number of sulfonamides is 1. The monoisotopic (exact) mass is 218 g/mol. The van der Waals surface area contributed by atoms with Crippen molar-refractivity contribution in [2.75, 3.05) is 13.1 Å². The van der Waals surface area contributed by atoms with Gasteiger partial charge in [-0.1, -0.05) is 6.42 Å². The van der Waals surface area contributed by atoms with E-state index in [0.29, 0.717) is 18.8 Å². The molecular weight excluding hydrogens is 200 g/mol. The van der Waals surface area contributed by atoms with E-state index in [0.717, 1.165) is 32.4 Å². The van der Waals surface area contributed by atoms with Crippen molar-refractivity contribution in [1.29, 1.82) is 0 Å². The lowest BCUT2D eigenvalue weighted by Gasteiger charge is -2.45. The summed E-state index contributed by atoms with van der Waals surface area (Å²) >= 11 is 0. The summed E-state index contributed by atoms with van der Waals surface area (Å²) in [7, 11) is -3.39. The largest absolute Gasteiger partial charge is 0.317 e. The average Bonchev–Trinajstić information content (AvgIpc) is 2.00. The number of nitrogens with two attached hydrogens (primary N) is 1. The van der Waals surface area contributed by atoms with Gasteiger partial charge in [0.1, 0.15) is 0 Å². The zero-order valence-corrected chi connectivity index (χ0v) is 9.15. The molecule has 2 fully saturated rings. The van der Waals surface area contributed by atoms with Crippen LogP contribution in [0.3, 0.4) is 0 Å². The highest BCUT2D eigenvalue weighted by molar-refractivity contribution is 7.90. The molecule has 5 heteroatoms. The van der Waals surface area contributed by atoms with Gasteiger partial charge in [0.15, 0.2) is 0 Å². The number of nitrogens with one attached hydrogen (secondary N) is 1. The van der Waals surface area contributed by atoms with E-state index < -0.39 is 14.8 Å². The van der Waals surface area contributed by atoms with Crippen molar-refractivity contribution in [3.63, 3.8) is 0 Å². The Kier molecular flexibility index (Phi) is 2.57. The molecule has 2 aliphatic rings. The summed E-state index contributed by atoms with van der Waals surface area (Å²) in [6.07, 6.45) is 4.62. The van der Waals surface area contributed by atoms with E-state index in [2.05, 4.69) is 5.32 Å². The number of hydrogen-bond acceptors (Lipinski definition) is 3. The normalized spacial score (nSPS) is 28.4. The van der Waals surface area contributed by atoms with Crippen LogP contribution < -0.4 is 10.5 Å². The number of piperidine rings is 1. The third-order valence-corrected chi connectivity index (χ3v) is 5.74. The summed E-state index contributed by atoms with van der Waals surface area (Å²) in [5, 5.41) is 8.59. The Hall–Kier alpha value is -0.130. The molecule has 1 aliphatic carbocycles. The summed E-state index contributed by atoms with van der Waals surface area (Å²) in [6, 6.07) is 0. The van der Waals surface area contributed by atoms with Crippen LogP contribution in [-0.2, 0) is 10.0 Å². The Bertz CT molecular complexity index is 303. The Balaban J connectivity index is 2.27. The first-order chi connectivity index (χ1) is 6.56. The Morgan fingerprint density at radius 1 is 1.21 bits per heavy atom. The summed E-state index contributed by atoms with van der Waals surface area (Å²) in [5.74, 6) is 0.319. The lowest BCUT2D eigenvalue weighted by molar-refractivity contribution is 0.188. The van der Waals surface area contributed by atoms with Gasteiger partial charge in [0.05, 0.1) is 4.75 Å². The first-order valence-corrected chi connectivity index (χ1v) is 6.84. The maximum Gasteiger partial charge on any atom is 0.215 e. The molecule has 3 N–H and O–H groups in total. The SMILES string of the molecule is NS(=O)(=O)C1(C2CCC2)CCNCC1. The van der Waals surface area contributed by atoms with Crippen LogP contribution in [0.5, 0.6) is 0 Å². The second kappa shape index (κ2) is 3.47. The van der Waals surface area contributed by atoms with E-state index in [-0.39, 0.29) is 0 Å². The zero-order chi connectivity index (χ0) is 10.2. The van der Waals surface area contributed by atoms with Crippen LogP contribution in [0.15, 0.2) is 0 Å². The highest BCUT2D eigenvalue weighted by Crippen LogP contribution is 2.44. The van der Waals surface area contributed by atoms with Gasteiger partial charge >= 0.3 is 0 Å². The van der Waals surface area contributed by atoms with E-state index in [1.165, 1.54) is 0 Å². The molecular formula is C9H18N2O2S. The molecule has 0 amide bonds. The van der Waals surface area contributed by atoms with Gasteiger partial charge in [-0.2, -0.15) is 0 Å². The summed E-state index contributed by atoms with van der Waals surface area (Å²) in [6.45, 7) is 1.57. The van der Waals surface area contributed by atoms with Gasteiger partial charge in [0, 0.05) is 0 Å². The standard InChI is InChI=1S/C9H18N2O2S/c10-14(12,13)9(8-2-1-3-8)4-6-11-7-5-9/h8,11H,1-7H2,(H2,10,12,13). The van der Waals surface area contributed by atoms with Gasteiger partial charge in [0.2, 0.25) is 10.0 Å². The van der Waals surface area contributed by atoms with Crippen LogP contribution in [0.4, 0.5) is 0 Å². The summed E-state index contributed by atoms with van der Waals surface area (Å²) in [5.41, 5.74) is 0. The van der Waals surface area contributed by atoms with E-state index in [1.54, 1.807) is 0 Å². The summed E-state index contributed by atoms with van der Waals surface area (Å²) in [4.78, 5) is 0. The fourth-order valence-corrected chi connectivity index (χ4v) is 4.18. The minimum atomic E-state index is -3.39. The number of rotatable bonds is 2. The van der Waals surface area contributed by atoms with E-state index in [1.807, 2.05) is 0 Å². The molecule has 14 heavy (non-hydrogen) atoms. The van der Waals surface area contributed by atoms with E-state index in [9.17, 15) is 8.42 Å². The molecule has 0 atom stereocenters. The molecule has 0 radical (unpaired) electrons. The first-order valence-electron chi connectivity index (χ1n) is 5.29. The third kappa shape index (κ3) is 1.47. The van der Waals surface area contributed by atoms with Crippen molar-refractivity contribution in [3.05, 3.63) is 0 Å². The van der Waals surface area contributed by atoms with Gasteiger partial charge < -0.3 is 5.32 Å². The van der Waals surface area contributed by atoms with Crippen LogP contribution in [0, 0.1) is 5.92 Å². The molecule has 1 heterocycles. The molecule has 1 saturated carbocycles. The average molecular weight is 218 g/mol. The molecule has 0 aromatic rings. The second-order valence-electron chi connectivity index (χ2n) is 4.49. The van der Waals surface area contributed by atoms with Gasteiger partial charge in [-0.3, -0.25) is 0 Å². The molecule has 0 unspecified atom stereocenters. The molecule has 4 nitrogen and oxygen atoms in total. The number of primary sulfonamides is 1. The van der Waals surface area contributed by atoms with E-state index in [4.69, 9.17) is 5.14 Å². The van der Waals surface area contributed by atoms with E-state index >= 15 is 0 Å². The van der Waals surface area contributed by atoms with Crippen molar-refractivity contribution in [3.8, 4) is 0 Å². The first kappa shape index (κ1) is 10.4. The maximum atomic E-state index is 11.7. The molecule has 0 bridgehead atoms. The highest BCUT2D eigenvalue weighted by Gasteiger charge is 2.50. The molecule has 82 valence electrons. The second-order valence-corrected chi connectivity index (χ2v) is 6.39. The predicted octanol–water partition coefficient (Wildman–Crippen LogP) is 0.197.